The number of nitrogens with one attached hydrogen (secondary N) is 2. The first-order valence-corrected chi connectivity index (χ1v) is 12.3. The molecule has 3 aromatic rings. The van der Waals surface area contributed by atoms with Crippen LogP contribution in [0.1, 0.15) is 18.9 Å². The minimum atomic E-state index is -0.283. The van der Waals surface area contributed by atoms with E-state index in [1.165, 1.54) is 6.07 Å². The van der Waals surface area contributed by atoms with Crippen LogP contribution in [0.15, 0.2) is 42.5 Å². The minimum absolute atomic E-state index is 0.283. The predicted octanol–water partition coefficient (Wildman–Crippen LogP) is 4.88. The Kier molecular flexibility index (Phi) is 8.54. The van der Waals surface area contributed by atoms with Crippen molar-refractivity contribution in [3.63, 3.8) is 0 Å². The average Bonchev–Trinajstić information content (AvgIpc) is 2.86. The van der Waals surface area contributed by atoms with E-state index in [1.807, 2.05) is 31.2 Å². The molecule has 35 heavy (non-hydrogen) atoms. The minimum Gasteiger partial charge on any atom is -0.382 e. The summed E-state index contributed by atoms with van der Waals surface area (Å²) < 4.78 is 19.5. The van der Waals surface area contributed by atoms with Gasteiger partial charge in [0, 0.05) is 51.6 Å². The molecule has 0 radical (unpaired) electrons. The van der Waals surface area contributed by atoms with Crippen LogP contribution >= 0.6 is 11.6 Å². The van der Waals surface area contributed by atoms with E-state index in [2.05, 4.69) is 35.4 Å². The number of hydrogen-bond donors (Lipinski definition) is 2. The van der Waals surface area contributed by atoms with Crippen LogP contribution in [-0.2, 0) is 4.74 Å². The van der Waals surface area contributed by atoms with Gasteiger partial charge in [0.2, 0.25) is 17.8 Å². The molecule has 1 aliphatic rings. The van der Waals surface area contributed by atoms with E-state index in [0.717, 1.165) is 43.3 Å². The Morgan fingerprint density at radius 1 is 1.00 bits per heavy atom. The zero-order valence-electron chi connectivity index (χ0n) is 20.1. The molecule has 2 aromatic carbocycles. The molecule has 2 N–H and O–H groups in total. The Bertz CT molecular complexity index is 1120. The Labute approximate surface area is 210 Å². The normalized spacial score (nSPS) is 13.7. The third-order valence-electron chi connectivity index (χ3n) is 5.76. The molecule has 0 unspecified atom stereocenters. The van der Waals surface area contributed by atoms with E-state index in [4.69, 9.17) is 16.3 Å². The van der Waals surface area contributed by atoms with Crippen molar-refractivity contribution in [1.82, 2.24) is 15.0 Å². The third-order valence-corrected chi connectivity index (χ3v) is 6.08. The fraction of sp³-hybridized carbons (Fsp3) is 0.400. The Morgan fingerprint density at radius 3 is 2.49 bits per heavy atom. The molecule has 1 aromatic heterocycles. The second kappa shape index (κ2) is 12.0. The van der Waals surface area contributed by atoms with Gasteiger partial charge in [-0.15, -0.1) is 0 Å². The first kappa shape index (κ1) is 24.9. The summed E-state index contributed by atoms with van der Waals surface area (Å²) in [5, 5.41) is 7.13. The van der Waals surface area contributed by atoms with Gasteiger partial charge in [-0.1, -0.05) is 29.8 Å². The highest BCUT2D eigenvalue weighted by atomic mass is 35.5. The number of piperazine rings is 1. The van der Waals surface area contributed by atoms with Crippen LogP contribution in [0.25, 0.3) is 0 Å². The van der Waals surface area contributed by atoms with Gasteiger partial charge in [0.1, 0.15) is 5.82 Å². The van der Waals surface area contributed by atoms with Gasteiger partial charge in [-0.25, -0.2) is 4.39 Å². The predicted molar refractivity (Wildman–Crippen MR) is 140 cm³/mol. The second-order valence-electron chi connectivity index (χ2n) is 8.27. The number of hydrogen-bond acceptors (Lipinski definition) is 8. The molecule has 0 saturated carbocycles. The largest absolute Gasteiger partial charge is 0.382 e. The summed E-state index contributed by atoms with van der Waals surface area (Å²) in [6.45, 7) is 8.78. The van der Waals surface area contributed by atoms with Crippen molar-refractivity contribution in [2.45, 2.75) is 20.3 Å². The summed E-state index contributed by atoms with van der Waals surface area (Å²) in [7, 11) is 0. The van der Waals surface area contributed by atoms with Crippen LogP contribution in [-0.4, -0.2) is 60.9 Å². The van der Waals surface area contributed by atoms with E-state index in [1.54, 1.807) is 19.1 Å². The highest BCUT2D eigenvalue weighted by Gasteiger charge is 2.22. The van der Waals surface area contributed by atoms with Gasteiger partial charge in [-0.3, -0.25) is 0 Å². The number of ether oxygens (including phenoxy) is 1. The van der Waals surface area contributed by atoms with Crippen LogP contribution < -0.4 is 20.4 Å². The Hall–Kier alpha value is -3.17. The standard InChI is InChI=1S/C25H31ClFN7O/c1-3-35-16-6-11-28-23-30-24(29-19-10-9-18(2)21(27)17-19)32-25(31-23)34-14-12-33(13-15-34)22-8-5-4-7-20(22)26/h4-5,7-10,17H,3,6,11-16H2,1-2H3,(H2,28,29,30,31,32). The fourth-order valence-corrected chi connectivity index (χ4v) is 4.07. The van der Waals surface area contributed by atoms with Gasteiger partial charge in [-0.2, -0.15) is 15.0 Å². The SMILES string of the molecule is CCOCCCNc1nc(Nc2ccc(C)c(F)c2)nc(N2CCN(c3ccccc3Cl)CC2)n1. The molecule has 8 nitrogen and oxygen atoms in total. The van der Waals surface area contributed by atoms with Crippen LogP contribution in [0, 0.1) is 12.7 Å². The van der Waals surface area contributed by atoms with Crippen LogP contribution in [0.3, 0.4) is 0 Å². The number of halogens is 2. The molecule has 0 bridgehead atoms. The van der Waals surface area contributed by atoms with Crippen molar-refractivity contribution in [3.05, 3.63) is 58.9 Å². The summed E-state index contributed by atoms with van der Waals surface area (Å²) in [5.74, 6) is 1.12. The molecular weight excluding hydrogens is 469 g/mol. The van der Waals surface area contributed by atoms with Gasteiger partial charge in [0.25, 0.3) is 0 Å². The number of benzene rings is 2. The fourth-order valence-electron chi connectivity index (χ4n) is 3.82. The molecule has 1 fully saturated rings. The van der Waals surface area contributed by atoms with Crippen molar-refractivity contribution in [2.75, 3.05) is 66.4 Å². The van der Waals surface area contributed by atoms with Crippen molar-refractivity contribution in [3.8, 4) is 0 Å². The summed E-state index contributed by atoms with van der Waals surface area (Å²) in [6, 6.07) is 12.8. The number of para-hydroxylation sites is 1. The summed E-state index contributed by atoms with van der Waals surface area (Å²) in [6.07, 6.45) is 0.831. The Morgan fingerprint density at radius 2 is 1.74 bits per heavy atom. The molecule has 0 aliphatic carbocycles. The molecule has 1 saturated heterocycles. The van der Waals surface area contributed by atoms with E-state index in [0.29, 0.717) is 48.9 Å². The maximum atomic E-state index is 14.1. The summed E-state index contributed by atoms with van der Waals surface area (Å²) >= 11 is 6.39. The Balaban J connectivity index is 1.49. The highest BCUT2D eigenvalue weighted by molar-refractivity contribution is 6.33. The van der Waals surface area contributed by atoms with E-state index in [9.17, 15) is 4.39 Å². The van der Waals surface area contributed by atoms with Gasteiger partial charge >= 0.3 is 0 Å². The van der Waals surface area contributed by atoms with Crippen molar-refractivity contribution in [2.24, 2.45) is 0 Å². The zero-order valence-corrected chi connectivity index (χ0v) is 20.9. The second-order valence-corrected chi connectivity index (χ2v) is 8.68. The molecule has 2 heterocycles. The maximum absolute atomic E-state index is 14.1. The van der Waals surface area contributed by atoms with Crippen molar-refractivity contribution in [1.29, 1.82) is 0 Å². The first-order chi connectivity index (χ1) is 17.0. The highest BCUT2D eigenvalue weighted by Crippen LogP contribution is 2.27. The maximum Gasteiger partial charge on any atom is 0.233 e. The average molecular weight is 500 g/mol. The molecule has 1 aliphatic heterocycles. The topological polar surface area (TPSA) is 78.4 Å². The lowest BCUT2D eigenvalue weighted by Crippen LogP contribution is -2.47. The number of rotatable bonds is 10. The summed E-state index contributed by atoms with van der Waals surface area (Å²) in [5.41, 5.74) is 2.20. The van der Waals surface area contributed by atoms with Crippen LogP contribution in [0.5, 0.6) is 0 Å². The van der Waals surface area contributed by atoms with Crippen molar-refractivity contribution >= 4 is 40.8 Å². The molecule has 0 spiro atoms. The lowest BCUT2D eigenvalue weighted by Gasteiger charge is -2.36. The lowest BCUT2D eigenvalue weighted by molar-refractivity contribution is 0.147. The molecule has 0 atom stereocenters. The smallest absolute Gasteiger partial charge is 0.233 e. The number of aryl methyl sites for hydroxylation is 1. The summed E-state index contributed by atoms with van der Waals surface area (Å²) in [4.78, 5) is 18.2. The lowest BCUT2D eigenvalue weighted by atomic mass is 10.2. The van der Waals surface area contributed by atoms with Gasteiger partial charge in [0.05, 0.1) is 10.7 Å². The van der Waals surface area contributed by atoms with E-state index < -0.39 is 0 Å². The van der Waals surface area contributed by atoms with E-state index >= 15 is 0 Å². The van der Waals surface area contributed by atoms with Gasteiger partial charge in [0.15, 0.2) is 0 Å². The van der Waals surface area contributed by atoms with Crippen molar-refractivity contribution < 1.29 is 9.13 Å². The number of nitrogens with zero attached hydrogens (tertiary/aromatic N) is 5. The number of anilines is 5. The van der Waals surface area contributed by atoms with Crippen LogP contribution in [0.2, 0.25) is 5.02 Å². The molecule has 186 valence electrons. The zero-order chi connectivity index (χ0) is 24.6. The van der Waals surface area contributed by atoms with Crippen LogP contribution in [0.4, 0.5) is 33.6 Å². The quantitative estimate of drug-likeness (QED) is 0.382. The monoisotopic (exact) mass is 499 g/mol. The molecular formula is C25H31ClFN7O. The molecule has 4 rings (SSSR count). The third kappa shape index (κ3) is 6.70. The van der Waals surface area contributed by atoms with Gasteiger partial charge < -0.3 is 25.2 Å². The molecule has 10 heteroatoms. The van der Waals surface area contributed by atoms with E-state index in [-0.39, 0.29) is 5.82 Å². The molecule has 0 amide bonds. The van der Waals surface area contributed by atoms with Gasteiger partial charge in [-0.05, 0) is 50.1 Å². The number of aromatic nitrogens is 3. The first-order valence-electron chi connectivity index (χ1n) is 11.9.